The normalized spacial score (nSPS) is 29.0. The third kappa shape index (κ3) is 5.18. The smallest absolute Gasteiger partial charge is 0.303 e. The molecule has 0 unspecified atom stereocenters. The number of nitrogens with zero attached hydrogens (tertiary/aromatic N) is 1. The molecular formula is C13H19NO9. The van der Waals surface area contributed by atoms with Crippen molar-refractivity contribution in [2.45, 2.75) is 45.4 Å². The van der Waals surface area contributed by atoms with Gasteiger partial charge in [0.1, 0.15) is 12.7 Å². The first-order valence-electron chi connectivity index (χ1n) is 6.68. The number of methoxy groups -OCH3 is 1. The number of carbonyl (C=O) groups excluding carboxylic acids is 3. The van der Waals surface area contributed by atoms with Gasteiger partial charge in [-0.15, -0.1) is 0 Å². The first kappa shape index (κ1) is 18.8. The Bertz CT molecular complexity index is 490. The summed E-state index contributed by atoms with van der Waals surface area (Å²) in [6, 6.07) is 0. The van der Waals surface area contributed by atoms with E-state index in [0.717, 1.165) is 13.8 Å². The molecule has 1 rings (SSSR count). The van der Waals surface area contributed by atoms with Gasteiger partial charge < -0.3 is 28.9 Å². The van der Waals surface area contributed by atoms with Gasteiger partial charge in [-0.05, 0) is 0 Å². The third-order valence-corrected chi connectivity index (χ3v) is 2.87. The zero-order valence-corrected chi connectivity index (χ0v) is 13.2. The Balaban J connectivity index is 3.13. The molecular weight excluding hydrogens is 314 g/mol. The Labute approximate surface area is 132 Å². The lowest BCUT2D eigenvalue weighted by molar-refractivity contribution is -0.216. The maximum absolute atomic E-state index is 11.3. The molecule has 0 aromatic rings. The molecule has 0 saturated carbocycles. The number of oxime groups is 1. The van der Waals surface area contributed by atoms with E-state index in [4.69, 9.17) is 28.9 Å². The first-order valence-corrected chi connectivity index (χ1v) is 6.68. The summed E-state index contributed by atoms with van der Waals surface area (Å²) in [6.45, 7) is 3.20. The molecule has 4 atom stereocenters. The Morgan fingerprint density at radius 2 is 1.74 bits per heavy atom. The molecule has 0 aliphatic carbocycles. The molecule has 1 N–H and O–H groups in total. The van der Waals surface area contributed by atoms with Gasteiger partial charge in [-0.3, -0.25) is 14.4 Å². The summed E-state index contributed by atoms with van der Waals surface area (Å²) in [6.07, 6.45) is -4.58. The van der Waals surface area contributed by atoms with E-state index in [1.54, 1.807) is 0 Å². The molecule has 1 aliphatic rings. The summed E-state index contributed by atoms with van der Waals surface area (Å²) in [5, 5.41) is 12.2. The zero-order chi connectivity index (χ0) is 17.6. The van der Waals surface area contributed by atoms with Crippen LogP contribution in [0.3, 0.4) is 0 Å². The Morgan fingerprint density at radius 1 is 1.13 bits per heavy atom. The SMILES string of the molecule is CO[C@H]1O[C@H](COC(C)=O)[C@@H](OC(C)=O)[C@H](OC(C)=O)/C1=N/O. The molecule has 1 aliphatic heterocycles. The molecule has 0 amide bonds. The van der Waals surface area contributed by atoms with E-state index in [0.29, 0.717) is 0 Å². The Kier molecular flexibility index (Phi) is 6.91. The fourth-order valence-electron chi connectivity index (χ4n) is 2.05. The molecule has 10 heteroatoms. The predicted molar refractivity (Wildman–Crippen MR) is 72.6 cm³/mol. The van der Waals surface area contributed by atoms with Crippen molar-refractivity contribution < 1.29 is 43.3 Å². The average molecular weight is 333 g/mol. The van der Waals surface area contributed by atoms with Crippen LogP contribution >= 0.6 is 0 Å². The monoisotopic (exact) mass is 333 g/mol. The van der Waals surface area contributed by atoms with E-state index >= 15 is 0 Å². The largest absolute Gasteiger partial charge is 0.463 e. The van der Waals surface area contributed by atoms with Gasteiger partial charge in [0.05, 0.1) is 0 Å². The fourth-order valence-corrected chi connectivity index (χ4v) is 2.05. The second-order valence-corrected chi connectivity index (χ2v) is 4.67. The third-order valence-electron chi connectivity index (χ3n) is 2.87. The summed E-state index contributed by atoms with van der Waals surface area (Å²) >= 11 is 0. The van der Waals surface area contributed by atoms with Crippen LogP contribution in [0, 0.1) is 0 Å². The van der Waals surface area contributed by atoms with E-state index in [1.807, 2.05) is 0 Å². The minimum Gasteiger partial charge on any atom is -0.463 e. The van der Waals surface area contributed by atoms with Gasteiger partial charge in [0.25, 0.3) is 0 Å². The summed E-state index contributed by atoms with van der Waals surface area (Å²) in [5.74, 6) is -1.96. The second kappa shape index (κ2) is 8.44. The number of hydrogen-bond donors (Lipinski definition) is 1. The van der Waals surface area contributed by atoms with Crippen molar-refractivity contribution in [3.8, 4) is 0 Å². The standard InChI is InChI=1S/C13H19NO9/c1-6(15)20-5-9-11(21-7(2)16)12(22-8(3)17)10(14-18)13(19-4)23-9/h9,11-13,18H,5H2,1-4H3/b14-10-/t9-,11-,12-,13+/m1/s1. The van der Waals surface area contributed by atoms with E-state index < -0.39 is 42.5 Å². The van der Waals surface area contributed by atoms with Crippen molar-refractivity contribution in [3.05, 3.63) is 0 Å². The van der Waals surface area contributed by atoms with Crippen molar-refractivity contribution in [2.24, 2.45) is 5.16 Å². The summed E-state index contributed by atoms with van der Waals surface area (Å²) in [5.41, 5.74) is -0.187. The molecule has 23 heavy (non-hydrogen) atoms. The second-order valence-electron chi connectivity index (χ2n) is 4.67. The number of rotatable bonds is 5. The molecule has 1 heterocycles. The lowest BCUT2D eigenvalue weighted by Gasteiger charge is -2.39. The van der Waals surface area contributed by atoms with Crippen LogP contribution in [0.4, 0.5) is 0 Å². The van der Waals surface area contributed by atoms with Gasteiger partial charge in [0.15, 0.2) is 17.9 Å². The number of ether oxygens (including phenoxy) is 5. The van der Waals surface area contributed by atoms with Crippen molar-refractivity contribution in [3.63, 3.8) is 0 Å². The molecule has 1 saturated heterocycles. The van der Waals surface area contributed by atoms with Crippen LogP contribution in [0.2, 0.25) is 0 Å². The van der Waals surface area contributed by atoms with Gasteiger partial charge >= 0.3 is 17.9 Å². The maximum atomic E-state index is 11.3. The van der Waals surface area contributed by atoms with Crippen molar-refractivity contribution in [2.75, 3.05) is 13.7 Å². The van der Waals surface area contributed by atoms with Crippen molar-refractivity contribution in [1.29, 1.82) is 0 Å². The van der Waals surface area contributed by atoms with Crippen LogP contribution in [0.15, 0.2) is 5.16 Å². The van der Waals surface area contributed by atoms with E-state index in [9.17, 15) is 14.4 Å². The minimum absolute atomic E-state index is 0.187. The topological polar surface area (TPSA) is 130 Å². The number of esters is 3. The summed E-state index contributed by atoms with van der Waals surface area (Å²) in [7, 11) is 1.27. The molecule has 0 spiro atoms. The van der Waals surface area contributed by atoms with Gasteiger partial charge in [-0.25, -0.2) is 0 Å². The lowest BCUT2D eigenvalue weighted by atomic mass is 9.99. The highest BCUT2D eigenvalue weighted by Crippen LogP contribution is 2.25. The van der Waals surface area contributed by atoms with Gasteiger partial charge in [-0.2, -0.15) is 0 Å². The van der Waals surface area contributed by atoms with Crippen LogP contribution < -0.4 is 0 Å². The average Bonchev–Trinajstić information content (AvgIpc) is 2.45. The molecule has 130 valence electrons. The van der Waals surface area contributed by atoms with Gasteiger partial charge in [0, 0.05) is 27.9 Å². The van der Waals surface area contributed by atoms with Crippen LogP contribution in [-0.2, 0) is 38.1 Å². The molecule has 1 fully saturated rings. The van der Waals surface area contributed by atoms with Gasteiger partial charge in [0.2, 0.25) is 6.29 Å². The van der Waals surface area contributed by atoms with Crippen molar-refractivity contribution in [1.82, 2.24) is 0 Å². The zero-order valence-electron chi connectivity index (χ0n) is 13.2. The highest BCUT2D eigenvalue weighted by Gasteiger charge is 2.49. The first-order chi connectivity index (χ1) is 10.8. The minimum atomic E-state index is -1.25. The quantitative estimate of drug-likeness (QED) is 0.309. The van der Waals surface area contributed by atoms with E-state index in [-0.39, 0.29) is 12.3 Å². The van der Waals surface area contributed by atoms with Crippen LogP contribution in [0.1, 0.15) is 20.8 Å². The molecule has 10 nitrogen and oxygen atoms in total. The van der Waals surface area contributed by atoms with E-state index in [1.165, 1.54) is 14.0 Å². The Morgan fingerprint density at radius 3 is 2.17 bits per heavy atom. The summed E-state index contributed by atoms with van der Waals surface area (Å²) < 4.78 is 25.5. The van der Waals surface area contributed by atoms with Crippen molar-refractivity contribution >= 4 is 23.6 Å². The highest BCUT2D eigenvalue weighted by molar-refractivity contribution is 5.94. The fraction of sp³-hybridized carbons (Fsp3) is 0.692. The molecule has 0 radical (unpaired) electrons. The molecule has 0 aromatic heterocycles. The van der Waals surface area contributed by atoms with E-state index in [2.05, 4.69) is 5.16 Å². The lowest BCUT2D eigenvalue weighted by Crippen LogP contribution is -2.59. The summed E-state index contributed by atoms with van der Waals surface area (Å²) in [4.78, 5) is 33.6. The number of hydrogen-bond acceptors (Lipinski definition) is 10. The van der Waals surface area contributed by atoms with Crippen LogP contribution in [0.25, 0.3) is 0 Å². The number of carbonyl (C=O) groups is 3. The van der Waals surface area contributed by atoms with Crippen LogP contribution in [-0.4, -0.2) is 67.1 Å². The maximum Gasteiger partial charge on any atom is 0.303 e. The Hall–Kier alpha value is -2.20. The van der Waals surface area contributed by atoms with Crippen LogP contribution in [0.5, 0.6) is 0 Å². The highest BCUT2D eigenvalue weighted by atomic mass is 16.7. The van der Waals surface area contributed by atoms with Gasteiger partial charge in [-0.1, -0.05) is 5.16 Å². The molecule has 0 aromatic carbocycles. The predicted octanol–water partition coefficient (Wildman–Crippen LogP) is -0.386. The molecule has 0 bridgehead atoms.